The van der Waals surface area contributed by atoms with Crippen LogP contribution in [0.1, 0.15) is 11.5 Å². The highest BCUT2D eigenvalue weighted by atomic mass is 16.3. The fourth-order valence-corrected chi connectivity index (χ4v) is 1.39. The van der Waals surface area contributed by atoms with Crippen molar-refractivity contribution in [3.05, 3.63) is 42.2 Å². The van der Waals surface area contributed by atoms with E-state index in [2.05, 4.69) is 9.97 Å². The number of hydrogen-bond donors (Lipinski definition) is 1. The molecule has 0 unspecified atom stereocenters. The van der Waals surface area contributed by atoms with Crippen molar-refractivity contribution >= 4 is 5.82 Å². The molecule has 0 aliphatic rings. The molecule has 2 heterocycles. The lowest BCUT2D eigenvalue weighted by Gasteiger charge is -2.16. The second-order valence-corrected chi connectivity index (χ2v) is 3.51. The summed E-state index contributed by atoms with van der Waals surface area (Å²) in [5.74, 6) is 1.68. The predicted molar refractivity (Wildman–Crippen MR) is 60.7 cm³/mol. The molecule has 0 aromatic carbocycles. The summed E-state index contributed by atoms with van der Waals surface area (Å²) < 4.78 is 5.27. The maximum absolute atomic E-state index is 5.52. The van der Waals surface area contributed by atoms with Crippen molar-refractivity contribution in [2.75, 3.05) is 11.9 Å². The molecule has 0 aliphatic heterocycles. The molecular formula is C11H14N4O. The minimum Gasteiger partial charge on any atom is -0.467 e. The average Bonchev–Trinajstić information content (AvgIpc) is 2.82. The largest absolute Gasteiger partial charge is 0.467 e. The van der Waals surface area contributed by atoms with Crippen LogP contribution < -0.4 is 10.6 Å². The number of nitrogens with two attached hydrogens (primary N) is 1. The zero-order valence-corrected chi connectivity index (χ0v) is 9.13. The molecule has 0 spiro atoms. The summed E-state index contributed by atoms with van der Waals surface area (Å²) in [6, 6.07) is 3.79. The van der Waals surface area contributed by atoms with Crippen LogP contribution in [0.2, 0.25) is 0 Å². The Morgan fingerprint density at radius 1 is 1.44 bits per heavy atom. The maximum atomic E-state index is 5.52. The standard InChI is InChI=1S/C11H14N4O/c1-15(8-10-3-2-4-16-10)11-7-13-6-9(5-12)14-11/h2-4,6-7H,5,8,12H2,1H3. The van der Waals surface area contributed by atoms with E-state index in [1.807, 2.05) is 24.1 Å². The van der Waals surface area contributed by atoms with E-state index < -0.39 is 0 Å². The van der Waals surface area contributed by atoms with Gasteiger partial charge in [-0.15, -0.1) is 0 Å². The fraction of sp³-hybridized carbons (Fsp3) is 0.273. The Balaban J connectivity index is 2.11. The SMILES string of the molecule is CN(Cc1ccco1)c1cncc(CN)n1. The summed E-state index contributed by atoms with van der Waals surface area (Å²) in [4.78, 5) is 10.4. The van der Waals surface area contributed by atoms with E-state index in [-0.39, 0.29) is 0 Å². The molecule has 0 saturated heterocycles. The van der Waals surface area contributed by atoms with Crippen LogP contribution in [0.25, 0.3) is 0 Å². The summed E-state index contributed by atoms with van der Waals surface area (Å²) in [5, 5.41) is 0. The van der Waals surface area contributed by atoms with Gasteiger partial charge in [0.2, 0.25) is 0 Å². The molecule has 0 saturated carbocycles. The number of furan rings is 1. The molecule has 2 aromatic rings. The lowest BCUT2D eigenvalue weighted by molar-refractivity contribution is 0.506. The first kappa shape index (κ1) is 10.6. The highest BCUT2D eigenvalue weighted by Crippen LogP contribution is 2.12. The molecule has 0 bridgehead atoms. The van der Waals surface area contributed by atoms with Crippen molar-refractivity contribution in [2.24, 2.45) is 5.73 Å². The third-order valence-corrected chi connectivity index (χ3v) is 2.25. The van der Waals surface area contributed by atoms with Crippen LogP contribution in [0, 0.1) is 0 Å². The third-order valence-electron chi connectivity index (χ3n) is 2.25. The molecule has 84 valence electrons. The van der Waals surface area contributed by atoms with Crippen molar-refractivity contribution in [2.45, 2.75) is 13.1 Å². The van der Waals surface area contributed by atoms with E-state index in [1.165, 1.54) is 0 Å². The summed E-state index contributed by atoms with van der Waals surface area (Å²) in [5.41, 5.74) is 6.30. The smallest absolute Gasteiger partial charge is 0.147 e. The van der Waals surface area contributed by atoms with Gasteiger partial charge in [0.25, 0.3) is 0 Å². The van der Waals surface area contributed by atoms with E-state index in [0.717, 1.165) is 17.3 Å². The molecule has 2 rings (SSSR count). The van der Waals surface area contributed by atoms with Crippen LogP contribution in [0.15, 0.2) is 35.2 Å². The van der Waals surface area contributed by atoms with Crippen LogP contribution in [-0.4, -0.2) is 17.0 Å². The minimum absolute atomic E-state index is 0.398. The lowest BCUT2D eigenvalue weighted by atomic mass is 10.4. The van der Waals surface area contributed by atoms with E-state index in [9.17, 15) is 0 Å². The zero-order valence-electron chi connectivity index (χ0n) is 9.13. The average molecular weight is 218 g/mol. The van der Waals surface area contributed by atoms with Gasteiger partial charge in [-0.2, -0.15) is 0 Å². The normalized spacial score (nSPS) is 10.4. The maximum Gasteiger partial charge on any atom is 0.147 e. The van der Waals surface area contributed by atoms with E-state index >= 15 is 0 Å². The number of aromatic nitrogens is 2. The lowest BCUT2D eigenvalue weighted by Crippen LogP contribution is -2.18. The number of nitrogens with zero attached hydrogens (tertiary/aromatic N) is 3. The van der Waals surface area contributed by atoms with Gasteiger partial charge in [-0.3, -0.25) is 4.98 Å². The second kappa shape index (κ2) is 4.76. The molecule has 0 atom stereocenters. The molecular weight excluding hydrogens is 204 g/mol. The van der Waals surface area contributed by atoms with Gasteiger partial charge in [0.1, 0.15) is 11.6 Å². The zero-order chi connectivity index (χ0) is 11.4. The Hall–Kier alpha value is -1.88. The molecule has 2 aromatic heterocycles. The third kappa shape index (κ3) is 2.38. The molecule has 5 heteroatoms. The van der Waals surface area contributed by atoms with Crippen molar-refractivity contribution in [3.8, 4) is 0 Å². The van der Waals surface area contributed by atoms with Gasteiger partial charge in [0.05, 0.1) is 24.7 Å². The molecule has 0 amide bonds. The summed E-state index contributed by atoms with van der Waals surface area (Å²) in [6.07, 6.45) is 5.04. The summed E-state index contributed by atoms with van der Waals surface area (Å²) in [6.45, 7) is 1.06. The van der Waals surface area contributed by atoms with Crippen molar-refractivity contribution in [3.63, 3.8) is 0 Å². The highest BCUT2D eigenvalue weighted by molar-refractivity contribution is 5.35. The van der Waals surface area contributed by atoms with Gasteiger partial charge in [-0.05, 0) is 12.1 Å². The molecule has 5 nitrogen and oxygen atoms in total. The summed E-state index contributed by atoms with van der Waals surface area (Å²) in [7, 11) is 1.94. The van der Waals surface area contributed by atoms with Gasteiger partial charge in [0, 0.05) is 19.8 Å². The molecule has 0 aliphatic carbocycles. The molecule has 16 heavy (non-hydrogen) atoms. The van der Waals surface area contributed by atoms with E-state index in [0.29, 0.717) is 13.1 Å². The number of rotatable bonds is 4. The van der Waals surface area contributed by atoms with Crippen LogP contribution in [0.4, 0.5) is 5.82 Å². The topological polar surface area (TPSA) is 68.2 Å². The van der Waals surface area contributed by atoms with Gasteiger partial charge >= 0.3 is 0 Å². The molecule has 0 fully saturated rings. The van der Waals surface area contributed by atoms with Gasteiger partial charge < -0.3 is 15.1 Å². The number of anilines is 1. The minimum atomic E-state index is 0.398. The van der Waals surface area contributed by atoms with Gasteiger partial charge in [-0.25, -0.2) is 4.98 Å². The highest BCUT2D eigenvalue weighted by Gasteiger charge is 2.06. The van der Waals surface area contributed by atoms with E-state index in [4.69, 9.17) is 10.2 Å². The Morgan fingerprint density at radius 3 is 3.00 bits per heavy atom. The van der Waals surface area contributed by atoms with Crippen LogP contribution >= 0.6 is 0 Å². The van der Waals surface area contributed by atoms with Crippen molar-refractivity contribution < 1.29 is 4.42 Å². The fourth-order valence-electron chi connectivity index (χ4n) is 1.39. The van der Waals surface area contributed by atoms with E-state index in [1.54, 1.807) is 18.7 Å². The monoisotopic (exact) mass is 218 g/mol. The summed E-state index contributed by atoms with van der Waals surface area (Å²) >= 11 is 0. The Kier molecular flexibility index (Phi) is 3.16. The first-order valence-corrected chi connectivity index (χ1v) is 5.04. The van der Waals surface area contributed by atoms with Gasteiger partial charge in [-0.1, -0.05) is 0 Å². The number of hydrogen-bond acceptors (Lipinski definition) is 5. The Labute approximate surface area is 93.9 Å². The van der Waals surface area contributed by atoms with Crippen molar-refractivity contribution in [1.82, 2.24) is 9.97 Å². The first-order chi connectivity index (χ1) is 7.79. The quantitative estimate of drug-likeness (QED) is 0.834. The predicted octanol–water partition coefficient (Wildman–Crippen LogP) is 1.16. The van der Waals surface area contributed by atoms with Crippen LogP contribution in [0.5, 0.6) is 0 Å². The Bertz CT molecular complexity index is 441. The Morgan fingerprint density at radius 2 is 2.31 bits per heavy atom. The first-order valence-electron chi connectivity index (χ1n) is 5.04. The molecule has 0 radical (unpaired) electrons. The molecule has 2 N–H and O–H groups in total. The van der Waals surface area contributed by atoms with Crippen LogP contribution in [0.3, 0.4) is 0 Å². The second-order valence-electron chi connectivity index (χ2n) is 3.51. The van der Waals surface area contributed by atoms with Crippen LogP contribution in [-0.2, 0) is 13.1 Å². The van der Waals surface area contributed by atoms with Gasteiger partial charge in [0.15, 0.2) is 0 Å². The van der Waals surface area contributed by atoms with Crippen molar-refractivity contribution in [1.29, 1.82) is 0 Å².